The van der Waals surface area contributed by atoms with Crippen LogP contribution in [0.5, 0.6) is 5.75 Å². The van der Waals surface area contributed by atoms with E-state index in [1.807, 2.05) is 27.7 Å². The average Bonchev–Trinajstić information content (AvgIpc) is 2.31. The first-order chi connectivity index (χ1) is 8.70. The van der Waals surface area contributed by atoms with Gasteiger partial charge in [0.05, 0.1) is 12.0 Å². The van der Waals surface area contributed by atoms with E-state index < -0.39 is 10.0 Å². The van der Waals surface area contributed by atoms with Crippen LogP contribution in [0.15, 0.2) is 17.0 Å². The number of hydrogen-bond acceptors (Lipinski definition) is 3. The molecule has 0 aliphatic rings. The van der Waals surface area contributed by atoms with E-state index in [1.165, 1.54) is 0 Å². The third-order valence-corrected chi connectivity index (χ3v) is 5.24. The predicted octanol–water partition coefficient (Wildman–Crippen LogP) is 2.63. The molecule has 0 saturated carbocycles. The summed E-state index contributed by atoms with van der Waals surface area (Å²) in [5.74, 6) is 0.947. The highest BCUT2D eigenvalue weighted by atomic mass is 32.2. The Labute approximate surface area is 116 Å². The van der Waals surface area contributed by atoms with Gasteiger partial charge in [0, 0.05) is 6.04 Å². The van der Waals surface area contributed by atoms with Crippen molar-refractivity contribution < 1.29 is 13.2 Å². The molecule has 0 amide bonds. The van der Waals surface area contributed by atoms with Crippen LogP contribution in [-0.4, -0.2) is 21.6 Å². The molecule has 5 heteroatoms. The minimum atomic E-state index is -3.49. The highest BCUT2D eigenvalue weighted by Gasteiger charge is 2.22. The van der Waals surface area contributed by atoms with Gasteiger partial charge >= 0.3 is 0 Å². The lowest BCUT2D eigenvalue weighted by atomic mass is 10.1. The summed E-state index contributed by atoms with van der Waals surface area (Å²) < 4.78 is 32.6. The molecule has 1 N–H and O–H groups in total. The molecule has 1 rings (SSSR count). The van der Waals surface area contributed by atoms with Crippen molar-refractivity contribution in [2.75, 3.05) is 7.11 Å². The van der Waals surface area contributed by atoms with E-state index in [9.17, 15) is 8.42 Å². The Morgan fingerprint density at radius 1 is 1.11 bits per heavy atom. The van der Waals surface area contributed by atoms with Gasteiger partial charge in [0.1, 0.15) is 5.75 Å². The lowest BCUT2D eigenvalue weighted by Crippen LogP contribution is -2.36. The standard InChI is InChI=1S/C14H23NO3S/c1-9(2)12(5)15-19(16,17)14-8-7-13(18-6)10(3)11(14)4/h7-9,12,15H,1-6H3. The van der Waals surface area contributed by atoms with E-state index in [0.717, 1.165) is 11.1 Å². The summed E-state index contributed by atoms with van der Waals surface area (Å²) in [5.41, 5.74) is 1.57. The normalized spacial score (nSPS) is 13.6. The fraction of sp³-hybridized carbons (Fsp3) is 0.571. The number of ether oxygens (including phenoxy) is 1. The highest BCUT2D eigenvalue weighted by Crippen LogP contribution is 2.27. The Bertz CT molecular complexity index is 550. The maximum absolute atomic E-state index is 12.4. The first-order valence-electron chi connectivity index (χ1n) is 6.37. The Balaban J connectivity index is 3.20. The zero-order chi connectivity index (χ0) is 14.8. The summed E-state index contributed by atoms with van der Waals surface area (Å²) in [7, 11) is -1.91. The van der Waals surface area contributed by atoms with Crippen LogP contribution >= 0.6 is 0 Å². The Morgan fingerprint density at radius 3 is 2.16 bits per heavy atom. The number of rotatable bonds is 5. The molecule has 1 atom stereocenters. The van der Waals surface area contributed by atoms with Gasteiger partial charge in [0.2, 0.25) is 10.0 Å². The van der Waals surface area contributed by atoms with Crippen LogP contribution in [0.3, 0.4) is 0 Å². The van der Waals surface area contributed by atoms with Gasteiger partial charge in [0.25, 0.3) is 0 Å². The van der Waals surface area contributed by atoms with Crippen molar-refractivity contribution in [3.05, 3.63) is 23.3 Å². The van der Waals surface area contributed by atoms with Crippen molar-refractivity contribution >= 4 is 10.0 Å². The topological polar surface area (TPSA) is 55.4 Å². The zero-order valence-electron chi connectivity index (χ0n) is 12.4. The monoisotopic (exact) mass is 285 g/mol. The SMILES string of the molecule is COc1ccc(S(=O)(=O)NC(C)C(C)C)c(C)c1C. The van der Waals surface area contributed by atoms with Gasteiger partial charge in [-0.15, -0.1) is 0 Å². The number of sulfonamides is 1. The van der Waals surface area contributed by atoms with Crippen molar-refractivity contribution in [1.29, 1.82) is 0 Å². The lowest BCUT2D eigenvalue weighted by molar-refractivity contribution is 0.410. The lowest BCUT2D eigenvalue weighted by Gasteiger charge is -2.19. The minimum absolute atomic E-state index is 0.105. The maximum atomic E-state index is 12.4. The molecule has 1 unspecified atom stereocenters. The predicted molar refractivity (Wildman–Crippen MR) is 77.1 cm³/mol. The van der Waals surface area contributed by atoms with Crippen molar-refractivity contribution in [2.45, 2.75) is 45.6 Å². The fourth-order valence-corrected chi connectivity index (χ4v) is 3.42. The number of benzene rings is 1. The molecule has 0 heterocycles. The molecule has 0 fully saturated rings. The minimum Gasteiger partial charge on any atom is -0.496 e. The van der Waals surface area contributed by atoms with Crippen LogP contribution in [0, 0.1) is 19.8 Å². The van der Waals surface area contributed by atoms with Crippen LogP contribution in [0.2, 0.25) is 0 Å². The summed E-state index contributed by atoms with van der Waals surface area (Å²) in [6.45, 7) is 9.50. The van der Waals surface area contributed by atoms with Gasteiger partial charge in [-0.2, -0.15) is 0 Å². The second kappa shape index (κ2) is 5.92. The molecule has 4 nitrogen and oxygen atoms in total. The first-order valence-corrected chi connectivity index (χ1v) is 7.85. The molecule has 0 saturated heterocycles. The smallest absolute Gasteiger partial charge is 0.241 e. The molecule has 0 bridgehead atoms. The van der Waals surface area contributed by atoms with E-state index in [-0.39, 0.29) is 12.0 Å². The molecule has 108 valence electrons. The van der Waals surface area contributed by atoms with E-state index in [0.29, 0.717) is 10.6 Å². The van der Waals surface area contributed by atoms with E-state index in [2.05, 4.69) is 4.72 Å². The second-order valence-electron chi connectivity index (χ2n) is 5.17. The second-order valence-corrected chi connectivity index (χ2v) is 6.85. The average molecular weight is 285 g/mol. The Hall–Kier alpha value is -1.07. The van der Waals surface area contributed by atoms with Crippen LogP contribution < -0.4 is 9.46 Å². The maximum Gasteiger partial charge on any atom is 0.241 e. The van der Waals surface area contributed by atoms with E-state index in [1.54, 1.807) is 26.2 Å². The largest absolute Gasteiger partial charge is 0.496 e. The quantitative estimate of drug-likeness (QED) is 0.905. The van der Waals surface area contributed by atoms with Crippen molar-refractivity contribution in [2.24, 2.45) is 5.92 Å². The summed E-state index contributed by atoms with van der Waals surface area (Å²) in [4.78, 5) is 0.318. The van der Waals surface area contributed by atoms with Gasteiger partial charge in [-0.05, 0) is 49.9 Å². The number of hydrogen-bond donors (Lipinski definition) is 1. The summed E-state index contributed by atoms with van der Waals surface area (Å²) in [5, 5.41) is 0. The summed E-state index contributed by atoms with van der Waals surface area (Å²) in [6, 6.07) is 3.18. The van der Waals surface area contributed by atoms with Crippen molar-refractivity contribution in [1.82, 2.24) is 4.72 Å². The zero-order valence-corrected chi connectivity index (χ0v) is 13.3. The molecule has 0 radical (unpaired) electrons. The first kappa shape index (κ1) is 16.0. The van der Waals surface area contributed by atoms with Gasteiger partial charge in [0.15, 0.2) is 0 Å². The fourth-order valence-electron chi connectivity index (χ4n) is 1.73. The van der Waals surface area contributed by atoms with Gasteiger partial charge in [-0.25, -0.2) is 13.1 Å². The highest BCUT2D eigenvalue weighted by molar-refractivity contribution is 7.89. The molecule has 0 aromatic heterocycles. The van der Waals surface area contributed by atoms with Crippen LogP contribution in [0.25, 0.3) is 0 Å². The van der Waals surface area contributed by atoms with Crippen LogP contribution in [0.4, 0.5) is 0 Å². The molecule has 0 aliphatic carbocycles. The van der Waals surface area contributed by atoms with Crippen LogP contribution in [-0.2, 0) is 10.0 Å². The molecule has 1 aromatic carbocycles. The number of nitrogens with one attached hydrogen (secondary N) is 1. The molecular weight excluding hydrogens is 262 g/mol. The third-order valence-electron chi connectivity index (χ3n) is 3.54. The molecule has 19 heavy (non-hydrogen) atoms. The molecule has 0 aliphatic heterocycles. The van der Waals surface area contributed by atoms with Gasteiger partial charge in [-0.1, -0.05) is 13.8 Å². The number of methoxy groups -OCH3 is 1. The third kappa shape index (κ3) is 3.48. The van der Waals surface area contributed by atoms with Crippen molar-refractivity contribution in [3.8, 4) is 5.75 Å². The molecule has 1 aromatic rings. The molecule has 0 spiro atoms. The van der Waals surface area contributed by atoms with Gasteiger partial charge in [-0.3, -0.25) is 0 Å². The van der Waals surface area contributed by atoms with E-state index >= 15 is 0 Å². The summed E-state index contributed by atoms with van der Waals surface area (Å²) >= 11 is 0. The Kier molecular flexibility index (Phi) is 4.98. The Morgan fingerprint density at radius 2 is 1.68 bits per heavy atom. The molecular formula is C14H23NO3S. The van der Waals surface area contributed by atoms with Gasteiger partial charge < -0.3 is 4.74 Å². The van der Waals surface area contributed by atoms with E-state index in [4.69, 9.17) is 4.74 Å². The van der Waals surface area contributed by atoms with Crippen LogP contribution in [0.1, 0.15) is 31.9 Å². The summed E-state index contributed by atoms with van der Waals surface area (Å²) in [6.07, 6.45) is 0. The van der Waals surface area contributed by atoms with Crippen molar-refractivity contribution in [3.63, 3.8) is 0 Å².